The summed E-state index contributed by atoms with van der Waals surface area (Å²) in [7, 11) is 0. The van der Waals surface area contributed by atoms with Crippen LogP contribution in [0.1, 0.15) is 6.42 Å². The molecule has 1 saturated heterocycles. The van der Waals surface area contributed by atoms with Gasteiger partial charge in [-0.05, 0) is 12.5 Å². The Bertz CT molecular complexity index is 969. The fourth-order valence-electron chi connectivity index (χ4n) is 3.30. The second-order valence-electron chi connectivity index (χ2n) is 6.26. The van der Waals surface area contributed by atoms with E-state index in [0.29, 0.717) is 30.7 Å². The number of fused-ring (bicyclic) bond motifs is 3. The van der Waals surface area contributed by atoms with Crippen molar-refractivity contribution >= 4 is 33.5 Å². The van der Waals surface area contributed by atoms with Gasteiger partial charge in [0.1, 0.15) is 12.1 Å². The number of anilines is 1. The molecule has 7 nitrogen and oxygen atoms in total. The summed E-state index contributed by atoms with van der Waals surface area (Å²) >= 11 is 0. The number of pyridine rings is 1. The van der Waals surface area contributed by atoms with Crippen LogP contribution in [-0.4, -0.2) is 51.9 Å². The van der Waals surface area contributed by atoms with Gasteiger partial charge in [0.2, 0.25) is 5.91 Å². The zero-order chi connectivity index (χ0) is 18.3. The van der Waals surface area contributed by atoms with Crippen molar-refractivity contribution in [1.82, 2.24) is 25.5 Å². The molecule has 1 aliphatic rings. The molecular formula is C16H15F3N6O. The van der Waals surface area contributed by atoms with Crippen LogP contribution in [0.2, 0.25) is 0 Å². The van der Waals surface area contributed by atoms with Gasteiger partial charge in [0.15, 0.2) is 5.65 Å². The SMILES string of the molecule is O=C(NCC(F)(F)F)C1CCN(c2cncc3nnc4[nH]ccc4c23)C1. The van der Waals surface area contributed by atoms with Gasteiger partial charge in [0, 0.05) is 30.1 Å². The predicted octanol–water partition coefficient (Wildman–Crippen LogP) is 2.01. The van der Waals surface area contributed by atoms with Crippen LogP contribution in [0.15, 0.2) is 24.7 Å². The number of hydrogen-bond acceptors (Lipinski definition) is 5. The number of aromatic amines is 1. The van der Waals surface area contributed by atoms with Crippen LogP contribution < -0.4 is 10.2 Å². The smallest absolute Gasteiger partial charge is 0.369 e. The van der Waals surface area contributed by atoms with E-state index >= 15 is 0 Å². The summed E-state index contributed by atoms with van der Waals surface area (Å²) in [6.07, 6.45) is 1.13. The lowest BCUT2D eigenvalue weighted by Crippen LogP contribution is -2.38. The Morgan fingerprint density at radius 1 is 1.35 bits per heavy atom. The van der Waals surface area contributed by atoms with Gasteiger partial charge in [-0.2, -0.15) is 13.2 Å². The summed E-state index contributed by atoms with van der Waals surface area (Å²) in [4.78, 5) is 21.2. The van der Waals surface area contributed by atoms with Crippen LogP contribution in [0.3, 0.4) is 0 Å². The molecule has 136 valence electrons. The molecule has 10 heteroatoms. The van der Waals surface area contributed by atoms with E-state index in [9.17, 15) is 18.0 Å². The van der Waals surface area contributed by atoms with Crippen molar-refractivity contribution in [2.24, 2.45) is 5.92 Å². The fourth-order valence-corrected chi connectivity index (χ4v) is 3.30. The molecule has 0 saturated carbocycles. The fraction of sp³-hybridized carbons (Fsp3) is 0.375. The number of carbonyl (C=O) groups is 1. The van der Waals surface area contributed by atoms with E-state index in [1.807, 2.05) is 16.3 Å². The molecule has 2 N–H and O–H groups in total. The first-order valence-electron chi connectivity index (χ1n) is 8.09. The second kappa shape index (κ2) is 6.11. The van der Waals surface area contributed by atoms with Crippen molar-refractivity contribution in [3.05, 3.63) is 24.7 Å². The Labute approximate surface area is 145 Å². The molecule has 1 fully saturated rings. The molecule has 3 aromatic heterocycles. The number of nitrogens with zero attached hydrogens (tertiary/aromatic N) is 4. The molecule has 0 bridgehead atoms. The highest BCUT2D eigenvalue weighted by atomic mass is 19.4. The Kier molecular flexibility index (Phi) is 3.89. The Morgan fingerprint density at radius 2 is 2.19 bits per heavy atom. The molecule has 1 unspecified atom stereocenters. The zero-order valence-corrected chi connectivity index (χ0v) is 13.5. The van der Waals surface area contributed by atoms with Crippen molar-refractivity contribution in [3.63, 3.8) is 0 Å². The molecule has 4 rings (SSSR count). The third-order valence-corrected chi connectivity index (χ3v) is 4.52. The summed E-state index contributed by atoms with van der Waals surface area (Å²) in [5.41, 5.74) is 2.07. The first-order valence-corrected chi connectivity index (χ1v) is 8.09. The minimum atomic E-state index is -4.41. The standard InChI is InChI=1S/C16H15F3N6O/c17-16(18,19)8-22-15(26)9-2-4-25(7-9)12-6-20-5-11-13(12)10-1-3-21-14(10)24-23-11/h1,3,5-6,9H,2,4,7-8H2,(H,21,24)(H,22,26). The number of alkyl halides is 3. The van der Waals surface area contributed by atoms with E-state index in [1.54, 1.807) is 18.6 Å². The van der Waals surface area contributed by atoms with Gasteiger partial charge in [-0.1, -0.05) is 0 Å². The number of nitrogens with one attached hydrogen (secondary N) is 2. The first-order chi connectivity index (χ1) is 12.4. The molecule has 0 spiro atoms. The lowest BCUT2D eigenvalue weighted by atomic mass is 10.1. The summed E-state index contributed by atoms with van der Waals surface area (Å²) < 4.78 is 36.9. The van der Waals surface area contributed by atoms with Crippen LogP contribution in [-0.2, 0) is 4.79 Å². The third kappa shape index (κ3) is 3.02. The number of halogens is 3. The summed E-state index contributed by atoms with van der Waals surface area (Å²) in [5.74, 6) is -1.08. The molecule has 26 heavy (non-hydrogen) atoms. The minimum Gasteiger partial charge on any atom is -0.369 e. The van der Waals surface area contributed by atoms with Crippen molar-refractivity contribution in [2.75, 3.05) is 24.5 Å². The van der Waals surface area contributed by atoms with Gasteiger partial charge in [0.05, 0.1) is 24.0 Å². The molecule has 4 heterocycles. The van der Waals surface area contributed by atoms with Crippen LogP contribution in [0.4, 0.5) is 18.9 Å². The Balaban J connectivity index is 1.59. The topological polar surface area (TPSA) is 86.8 Å². The highest BCUT2D eigenvalue weighted by Gasteiger charge is 2.33. The van der Waals surface area contributed by atoms with Gasteiger partial charge in [-0.3, -0.25) is 9.78 Å². The second-order valence-corrected chi connectivity index (χ2v) is 6.26. The van der Waals surface area contributed by atoms with E-state index in [1.165, 1.54) is 0 Å². The molecule has 1 aliphatic heterocycles. The lowest BCUT2D eigenvalue weighted by Gasteiger charge is -2.20. The maximum Gasteiger partial charge on any atom is 0.405 e. The summed E-state index contributed by atoms with van der Waals surface area (Å²) in [6, 6.07) is 1.89. The Hall–Kier alpha value is -2.91. The molecule has 0 radical (unpaired) electrons. The van der Waals surface area contributed by atoms with Gasteiger partial charge in [-0.25, -0.2) is 0 Å². The normalized spacial score (nSPS) is 18.0. The van der Waals surface area contributed by atoms with Gasteiger partial charge in [-0.15, -0.1) is 10.2 Å². The van der Waals surface area contributed by atoms with E-state index in [0.717, 1.165) is 16.5 Å². The molecule has 1 atom stereocenters. The van der Waals surface area contributed by atoms with Crippen molar-refractivity contribution in [2.45, 2.75) is 12.6 Å². The van der Waals surface area contributed by atoms with Crippen LogP contribution >= 0.6 is 0 Å². The quantitative estimate of drug-likeness (QED) is 0.742. The highest BCUT2D eigenvalue weighted by Crippen LogP contribution is 2.33. The van der Waals surface area contributed by atoms with Crippen molar-refractivity contribution in [3.8, 4) is 0 Å². The van der Waals surface area contributed by atoms with Gasteiger partial charge in [0.25, 0.3) is 0 Å². The summed E-state index contributed by atoms with van der Waals surface area (Å²) in [6.45, 7) is -0.421. The largest absolute Gasteiger partial charge is 0.405 e. The average Bonchev–Trinajstić information content (AvgIpc) is 3.27. The number of amides is 1. The molecule has 3 aromatic rings. The minimum absolute atomic E-state index is 0.332. The first kappa shape index (κ1) is 16.6. The van der Waals surface area contributed by atoms with E-state index in [4.69, 9.17) is 0 Å². The number of rotatable bonds is 3. The van der Waals surface area contributed by atoms with Crippen LogP contribution in [0, 0.1) is 5.92 Å². The molecule has 1 amide bonds. The maximum absolute atomic E-state index is 12.3. The third-order valence-electron chi connectivity index (χ3n) is 4.52. The zero-order valence-electron chi connectivity index (χ0n) is 13.5. The monoisotopic (exact) mass is 364 g/mol. The van der Waals surface area contributed by atoms with E-state index < -0.39 is 24.5 Å². The number of hydrogen-bond donors (Lipinski definition) is 2. The van der Waals surface area contributed by atoms with Gasteiger partial charge >= 0.3 is 6.18 Å². The lowest BCUT2D eigenvalue weighted by molar-refractivity contribution is -0.140. The van der Waals surface area contributed by atoms with Crippen LogP contribution in [0.25, 0.3) is 21.9 Å². The van der Waals surface area contributed by atoms with Crippen molar-refractivity contribution in [1.29, 1.82) is 0 Å². The van der Waals surface area contributed by atoms with Gasteiger partial charge < -0.3 is 15.2 Å². The van der Waals surface area contributed by atoms with E-state index in [-0.39, 0.29) is 0 Å². The van der Waals surface area contributed by atoms with Crippen LogP contribution in [0.5, 0.6) is 0 Å². The maximum atomic E-state index is 12.3. The highest BCUT2D eigenvalue weighted by molar-refractivity contribution is 6.09. The van der Waals surface area contributed by atoms with Crippen molar-refractivity contribution < 1.29 is 18.0 Å². The molecule has 0 aliphatic carbocycles. The summed E-state index contributed by atoms with van der Waals surface area (Å²) in [5, 5.41) is 12.0. The molecular weight excluding hydrogens is 349 g/mol. The number of H-pyrrole nitrogens is 1. The predicted molar refractivity (Wildman–Crippen MR) is 88.6 cm³/mol. The average molecular weight is 364 g/mol. The van der Waals surface area contributed by atoms with E-state index in [2.05, 4.69) is 20.2 Å². The Morgan fingerprint density at radius 3 is 3.00 bits per heavy atom. The number of carbonyl (C=O) groups excluding carboxylic acids is 1. The molecule has 0 aromatic carbocycles. The number of aromatic nitrogens is 4.